The molecule has 2 atom stereocenters. The van der Waals surface area contributed by atoms with Gasteiger partial charge in [0.2, 0.25) is 0 Å². The maximum Gasteiger partial charge on any atom is 0.252 e. The van der Waals surface area contributed by atoms with Crippen LogP contribution in [0, 0.1) is 5.41 Å². The third-order valence-corrected chi connectivity index (χ3v) is 4.54. The predicted molar refractivity (Wildman–Crippen MR) is 79.4 cm³/mol. The highest BCUT2D eigenvalue weighted by Gasteiger charge is 2.46. The summed E-state index contributed by atoms with van der Waals surface area (Å²) in [6.45, 7) is 4.19. The molecule has 1 saturated carbocycles. The van der Waals surface area contributed by atoms with Crippen LogP contribution in [0.4, 0.5) is 0 Å². The van der Waals surface area contributed by atoms with Crippen molar-refractivity contribution in [1.29, 1.82) is 0 Å². The van der Waals surface area contributed by atoms with Crippen LogP contribution in [0.5, 0.6) is 0 Å². The molecule has 0 bridgehead atoms. The zero-order valence-corrected chi connectivity index (χ0v) is 11.8. The first-order valence-corrected chi connectivity index (χ1v) is 6.90. The second-order valence-electron chi connectivity index (χ2n) is 6.07. The highest BCUT2D eigenvalue weighted by atomic mass is 16.1. The lowest BCUT2D eigenvalue weighted by Gasteiger charge is -2.50. The zero-order chi connectivity index (χ0) is 14.3. The summed E-state index contributed by atoms with van der Waals surface area (Å²) >= 11 is 0. The maximum absolute atomic E-state index is 12.5. The number of nitrogens with two attached hydrogens (primary N) is 1. The molecule has 4 nitrogen and oxygen atoms in total. The second-order valence-corrected chi connectivity index (χ2v) is 6.07. The molecule has 0 spiro atoms. The van der Waals surface area contributed by atoms with Crippen molar-refractivity contribution in [3.8, 4) is 0 Å². The Morgan fingerprint density at radius 3 is 2.80 bits per heavy atom. The molecular formula is C16H19N3O. The largest absolute Gasteiger partial charge is 0.349 e. The van der Waals surface area contributed by atoms with Crippen molar-refractivity contribution in [2.45, 2.75) is 32.4 Å². The fraction of sp³-hybridized carbons (Fsp3) is 0.375. The summed E-state index contributed by atoms with van der Waals surface area (Å²) in [4.78, 5) is 16.8. The van der Waals surface area contributed by atoms with Crippen molar-refractivity contribution < 1.29 is 4.79 Å². The number of carbonyl (C=O) groups excluding carboxylic acids is 1. The molecule has 3 rings (SSSR count). The molecular weight excluding hydrogens is 250 g/mol. The van der Waals surface area contributed by atoms with Crippen LogP contribution in [0.1, 0.15) is 30.6 Å². The predicted octanol–water partition coefficient (Wildman–Crippen LogP) is 2.09. The summed E-state index contributed by atoms with van der Waals surface area (Å²) in [6.07, 6.45) is 2.51. The van der Waals surface area contributed by atoms with Gasteiger partial charge < -0.3 is 11.1 Å². The SMILES string of the molecule is CC1(C)C(N)CC1NC(=O)c1ccnc2ccccc12. The van der Waals surface area contributed by atoms with E-state index in [0.29, 0.717) is 5.56 Å². The number of nitrogens with zero attached hydrogens (tertiary/aromatic N) is 1. The van der Waals surface area contributed by atoms with Crippen molar-refractivity contribution >= 4 is 16.8 Å². The van der Waals surface area contributed by atoms with Gasteiger partial charge in [-0.05, 0) is 18.6 Å². The fourth-order valence-electron chi connectivity index (χ4n) is 2.73. The monoisotopic (exact) mass is 269 g/mol. The first-order valence-electron chi connectivity index (χ1n) is 6.90. The van der Waals surface area contributed by atoms with Gasteiger partial charge in [-0.25, -0.2) is 0 Å². The molecule has 3 N–H and O–H groups in total. The van der Waals surface area contributed by atoms with Crippen molar-refractivity contribution in [1.82, 2.24) is 10.3 Å². The molecule has 0 saturated heterocycles. The van der Waals surface area contributed by atoms with Gasteiger partial charge in [0.1, 0.15) is 0 Å². The Morgan fingerprint density at radius 2 is 2.10 bits per heavy atom. The minimum absolute atomic E-state index is 0.0432. The topological polar surface area (TPSA) is 68.0 Å². The maximum atomic E-state index is 12.5. The van der Waals surface area contributed by atoms with Crippen molar-refractivity contribution in [2.24, 2.45) is 11.1 Å². The lowest BCUT2D eigenvalue weighted by Crippen LogP contribution is -2.64. The first-order chi connectivity index (χ1) is 9.50. The number of hydrogen-bond donors (Lipinski definition) is 2. The van der Waals surface area contributed by atoms with Crippen LogP contribution in [0.15, 0.2) is 36.5 Å². The number of pyridine rings is 1. The van der Waals surface area contributed by atoms with E-state index in [4.69, 9.17) is 5.73 Å². The Balaban J connectivity index is 1.87. The van der Waals surface area contributed by atoms with Gasteiger partial charge in [0.05, 0.1) is 11.1 Å². The van der Waals surface area contributed by atoms with E-state index in [0.717, 1.165) is 17.3 Å². The van der Waals surface area contributed by atoms with E-state index < -0.39 is 0 Å². The number of hydrogen-bond acceptors (Lipinski definition) is 3. The Labute approximate surface area is 118 Å². The number of rotatable bonds is 2. The molecule has 1 aliphatic carbocycles. The Hall–Kier alpha value is -1.94. The quantitative estimate of drug-likeness (QED) is 0.877. The van der Waals surface area contributed by atoms with Gasteiger partial charge in [-0.1, -0.05) is 32.0 Å². The summed E-state index contributed by atoms with van der Waals surface area (Å²) < 4.78 is 0. The van der Waals surface area contributed by atoms with E-state index in [1.54, 1.807) is 12.3 Å². The number of para-hydroxylation sites is 1. The third kappa shape index (κ3) is 1.96. The minimum atomic E-state index is -0.0476. The molecule has 1 amide bonds. The van der Waals surface area contributed by atoms with Crippen molar-refractivity contribution in [3.05, 3.63) is 42.1 Å². The molecule has 0 radical (unpaired) electrons. The van der Waals surface area contributed by atoms with Gasteiger partial charge in [0, 0.05) is 29.1 Å². The number of amides is 1. The lowest BCUT2D eigenvalue weighted by atomic mass is 9.63. The molecule has 104 valence electrons. The van der Waals surface area contributed by atoms with E-state index in [-0.39, 0.29) is 23.4 Å². The number of aromatic nitrogens is 1. The Kier molecular flexibility index (Phi) is 2.98. The van der Waals surface area contributed by atoms with E-state index in [9.17, 15) is 4.79 Å². The zero-order valence-electron chi connectivity index (χ0n) is 11.8. The summed E-state index contributed by atoms with van der Waals surface area (Å²) in [7, 11) is 0. The van der Waals surface area contributed by atoms with E-state index in [1.165, 1.54) is 0 Å². The van der Waals surface area contributed by atoms with Crippen molar-refractivity contribution in [3.63, 3.8) is 0 Å². The van der Waals surface area contributed by atoms with Gasteiger partial charge in [0.15, 0.2) is 0 Å². The second kappa shape index (κ2) is 4.56. The molecule has 0 aliphatic heterocycles. The van der Waals surface area contributed by atoms with Crippen LogP contribution in [0.2, 0.25) is 0 Å². The van der Waals surface area contributed by atoms with Crippen LogP contribution in [-0.4, -0.2) is 23.0 Å². The minimum Gasteiger partial charge on any atom is -0.349 e. The smallest absolute Gasteiger partial charge is 0.252 e. The van der Waals surface area contributed by atoms with Crippen LogP contribution < -0.4 is 11.1 Å². The van der Waals surface area contributed by atoms with Gasteiger partial charge in [0.25, 0.3) is 5.91 Å². The number of nitrogens with one attached hydrogen (secondary N) is 1. The summed E-state index contributed by atoms with van der Waals surface area (Å²) in [5.74, 6) is -0.0476. The first kappa shape index (κ1) is 13.1. The summed E-state index contributed by atoms with van der Waals surface area (Å²) in [5, 5.41) is 3.98. The lowest BCUT2D eigenvalue weighted by molar-refractivity contribution is 0.0587. The van der Waals surface area contributed by atoms with Crippen LogP contribution in [0.3, 0.4) is 0 Å². The normalized spacial score (nSPS) is 24.1. The number of benzene rings is 1. The fourth-order valence-corrected chi connectivity index (χ4v) is 2.73. The summed E-state index contributed by atoms with van der Waals surface area (Å²) in [6, 6.07) is 9.74. The highest BCUT2D eigenvalue weighted by Crippen LogP contribution is 2.39. The number of fused-ring (bicyclic) bond motifs is 1. The van der Waals surface area contributed by atoms with Gasteiger partial charge in [-0.15, -0.1) is 0 Å². The molecule has 1 fully saturated rings. The molecule has 20 heavy (non-hydrogen) atoms. The molecule has 1 heterocycles. The van der Waals surface area contributed by atoms with Crippen LogP contribution in [-0.2, 0) is 0 Å². The van der Waals surface area contributed by atoms with Gasteiger partial charge >= 0.3 is 0 Å². The Morgan fingerprint density at radius 1 is 1.35 bits per heavy atom. The summed E-state index contributed by atoms with van der Waals surface area (Å²) in [5.41, 5.74) is 7.46. The van der Waals surface area contributed by atoms with Crippen LogP contribution in [0.25, 0.3) is 10.9 Å². The van der Waals surface area contributed by atoms with Crippen molar-refractivity contribution in [2.75, 3.05) is 0 Å². The van der Waals surface area contributed by atoms with E-state index in [2.05, 4.69) is 24.1 Å². The highest BCUT2D eigenvalue weighted by molar-refractivity contribution is 6.06. The van der Waals surface area contributed by atoms with Gasteiger partial charge in [-0.2, -0.15) is 0 Å². The average Bonchev–Trinajstić information content (AvgIpc) is 2.46. The molecule has 2 aromatic rings. The molecule has 1 aliphatic rings. The van der Waals surface area contributed by atoms with E-state index in [1.807, 2.05) is 24.3 Å². The Bertz CT molecular complexity index is 660. The molecule has 4 heteroatoms. The van der Waals surface area contributed by atoms with Crippen LogP contribution >= 0.6 is 0 Å². The standard InChI is InChI=1S/C16H19N3O/c1-16(2)13(17)9-14(16)19-15(20)11-7-8-18-12-6-4-3-5-10(11)12/h3-8,13-14H,9,17H2,1-2H3,(H,19,20). The number of carbonyl (C=O) groups is 1. The van der Waals surface area contributed by atoms with Gasteiger partial charge in [-0.3, -0.25) is 9.78 Å². The third-order valence-electron chi connectivity index (χ3n) is 4.54. The molecule has 1 aromatic carbocycles. The molecule has 1 aromatic heterocycles. The average molecular weight is 269 g/mol. The van der Waals surface area contributed by atoms with E-state index >= 15 is 0 Å². The molecule has 2 unspecified atom stereocenters.